The Bertz CT molecular complexity index is 1100. The van der Waals surface area contributed by atoms with Crippen LogP contribution in [0.3, 0.4) is 0 Å². The van der Waals surface area contributed by atoms with Crippen LogP contribution < -0.4 is 4.84 Å². The van der Waals surface area contributed by atoms with E-state index in [1.165, 1.54) is 4.85 Å². The van der Waals surface area contributed by atoms with Crippen molar-refractivity contribution in [1.82, 2.24) is 19.5 Å². The average Bonchev–Trinajstić information content (AvgIpc) is 3.10. The van der Waals surface area contributed by atoms with E-state index in [2.05, 4.69) is 17.2 Å². The van der Waals surface area contributed by atoms with Crippen LogP contribution in [0.4, 0.5) is 0 Å². The van der Waals surface area contributed by atoms with Crippen molar-refractivity contribution in [3.8, 4) is 0 Å². The highest BCUT2D eigenvalue weighted by molar-refractivity contribution is 7.89. The molecule has 0 aliphatic carbocycles. The quantitative estimate of drug-likeness (QED) is 0.633. The minimum Gasteiger partial charge on any atom is -0.390 e. The minimum absolute atomic E-state index is 0.193. The van der Waals surface area contributed by atoms with E-state index in [4.69, 9.17) is 16.4 Å². The highest BCUT2D eigenvalue weighted by atomic mass is 35.5. The predicted molar refractivity (Wildman–Crippen MR) is 106 cm³/mol. The average molecular weight is 421 g/mol. The molecule has 7 nitrogen and oxygen atoms in total. The van der Waals surface area contributed by atoms with Crippen LogP contribution in [0, 0.1) is 5.92 Å². The second kappa shape index (κ2) is 7.69. The Labute approximate surface area is 168 Å². The van der Waals surface area contributed by atoms with Crippen LogP contribution in [0.25, 0.3) is 11.0 Å². The number of halogens is 1. The van der Waals surface area contributed by atoms with E-state index in [9.17, 15) is 8.42 Å². The number of nitrogens with zero attached hydrogens (tertiary/aromatic N) is 4. The molecule has 0 amide bonds. The first-order valence-corrected chi connectivity index (χ1v) is 11.0. The molecule has 9 heteroatoms. The summed E-state index contributed by atoms with van der Waals surface area (Å²) in [5, 5.41) is 8.62. The Morgan fingerprint density at radius 3 is 2.86 bits per heavy atom. The van der Waals surface area contributed by atoms with E-state index >= 15 is 0 Å². The third-order valence-corrected chi connectivity index (χ3v) is 7.17. The summed E-state index contributed by atoms with van der Waals surface area (Å²) in [6, 6.07) is 12.1. The summed E-state index contributed by atoms with van der Waals surface area (Å²) in [7, 11) is -3.57. The Morgan fingerprint density at radius 2 is 2.07 bits per heavy atom. The van der Waals surface area contributed by atoms with Gasteiger partial charge in [0.2, 0.25) is 10.0 Å². The first-order chi connectivity index (χ1) is 13.4. The number of sulfonamides is 1. The molecular formula is C19H21ClN4O3S. The standard InChI is InChI=1S/C19H21ClN4O3S/c1-14-5-4-10-23(12-14)28(25,26)16-8-9-18-19(11-16)24(22-21-18)27-13-15-6-2-3-7-17(15)20/h2-3,6-9,11,14H,4-5,10,12-13H2,1H3/t14-/m1/s1. The number of hydrogen-bond donors (Lipinski definition) is 0. The van der Waals surface area contributed by atoms with Gasteiger partial charge in [0.05, 0.1) is 4.90 Å². The maximum absolute atomic E-state index is 13.1. The summed E-state index contributed by atoms with van der Waals surface area (Å²) in [5.41, 5.74) is 1.86. The molecule has 1 fully saturated rings. The first-order valence-electron chi connectivity index (χ1n) is 9.17. The second-order valence-electron chi connectivity index (χ2n) is 7.09. The predicted octanol–water partition coefficient (Wildman–Crippen LogP) is 3.13. The lowest BCUT2D eigenvalue weighted by Crippen LogP contribution is -2.39. The molecule has 1 aliphatic rings. The van der Waals surface area contributed by atoms with Crippen LogP contribution in [-0.4, -0.2) is 41.0 Å². The summed E-state index contributed by atoms with van der Waals surface area (Å²) in [6.07, 6.45) is 1.93. The van der Waals surface area contributed by atoms with Crippen LogP contribution in [0.5, 0.6) is 0 Å². The van der Waals surface area contributed by atoms with Crippen molar-refractivity contribution in [2.24, 2.45) is 5.92 Å². The molecule has 0 spiro atoms. The molecule has 0 saturated carbocycles. The lowest BCUT2D eigenvalue weighted by Gasteiger charge is -2.30. The normalized spacial score (nSPS) is 18.4. The zero-order valence-corrected chi connectivity index (χ0v) is 17.0. The fourth-order valence-electron chi connectivity index (χ4n) is 3.39. The van der Waals surface area contributed by atoms with E-state index in [0.717, 1.165) is 18.4 Å². The number of hydrogen-bond acceptors (Lipinski definition) is 5. The van der Waals surface area contributed by atoms with E-state index < -0.39 is 10.0 Å². The van der Waals surface area contributed by atoms with Crippen molar-refractivity contribution in [1.29, 1.82) is 0 Å². The van der Waals surface area contributed by atoms with Gasteiger partial charge in [-0.25, -0.2) is 8.42 Å². The van der Waals surface area contributed by atoms with Gasteiger partial charge in [0.15, 0.2) is 0 Å². The maximum atomic E-state index is 13.1. The molecule has 2 aromatic carbocycles. The van der Waals surface area contributed by atoms with Gasteiger partial charge < -0.3 is 4.84 Å². The van der Waals surface area contributed by atoms with Crippen LogP contribution in [0.2, 0.25) is 5.02 Å². The van der Waals surface area contributed by atoms with E-state index in [1.807, 2.05) is 18.2 Å². The summed E-state index contributed by atoms with van der Waals surface area (Å²) < 4.78 is 27.7. The van der Waals surface area contributed by atoms with Crippen molar-refractivity contribution in [3.63, 3.8) is 0 Å². The topological polar surface area (TPSA) is 77.3 Å². The second-order valence-corrected chi connectivity index (χ2v) is 9.43. The molecule has 1 saturated heterocycles. The summed E-state index contributed by atoms with van der Waals surface area (Å²) in [5.74, 6) is 0.360. The van der Waals surface area contributed by atoms with Gasteiger partial charge in [-0.05, 0) is 48.2 Å². The van der Waals surface area contributed by atoms with Crippen molar-refractivity contribution < 1.29 is 13.3 Å². The molecule has 0 radical (unpaired) electrons. The van der Waals surface area contributed by atoms with Gasteiger partial charge in [0.25, 0.3) is 0 Å². The molecule has 1 atom stereocenters. The Kier molecular flexibility index (Phi) is 5.27. The van der Waals surface area contributed by atoms with Crippen molar-refractivity contribution in [2.75, 3.05) is 13.1 Å². The lowest BCUT2D eigenvalue weighted by molar-refractivity contribution is 0.0751. The van der Waals surface area contributed by atoms with Crippen molar-refractivity contribution >= 4 is 32.7 Å². The van der Waals surface area contributed by atoms with Crippen LogP contribution >= 0.6 is 11.6 Å². The molecule has 2 heterocycles. The van der Waals surface area contributed by atoms with Gasteiger partial charge in [0, 0.05) is 23.7 Å². The molecule has 4 rings (SSSR count). The van der Waals surface area contributed by atoms with Gasteiger partial charge in [0.1, 0.15) is 17.6 Å². The highest BCUT2D eigenvalue weighted by Crippen LogP contribution is 2.25. The van der Waals surface area contributed by atoms with Crippen LogP contribution in [0.1, 0.15) is 25.3 Å². The molecule has 3 aromatic rings. The van der Waals surface area contributed by atoms with Gasteiger partial charge in [-0.1, -0.05) is 41.6 Å². The molecule has 0 bridgehead atoms. The monoisotopic (exact) mass is 420 g/mol. The summed E-state index contributed by atoms with van der Waals surface area (Å²) in [6.45, 7) is 3.36. The number of benzene rings is 2. The van der Waals surface area contributed by atoms with Crippen LogP contribution in [-0.2, 0) is 16.6 Å². The van der Waals surface area contributed by atoms with Crippen molar-refractivity contribution in [2.45, 2.75) is 31.3 Å². The van der Waals surface area contributed by atoms with Gasteiger partial charge in [-0.2, -0.15) is 4.31 Å². The maximum Gasteiger partial charge on any atom is 0.243 e. The molecule has 28 heavy (non-hydrogen) atoms. The first kappa shape index (κ1) is 19.2. The smallest absolute Gasteiger partial charge is 0.243 e. The zero-order chi connectivity index (χ0) is 19.7. The molecule has 0 N–H and O–H groups in total. The lowest BCUT2D eigenvalue weighted by atomic mass is 10.0. The van der Waals surface area contributed by atoms with E-state index in [1.54, 1.807) is 28.6 Å². The Balaban J connectivity index is 1.62. The minimum atomic E-state index is -3.57. The van der Waals surface area contributed by atoms with Gasteiger partial charge >= 0.3 is 0 Å². The number of fused-ring (bicyclic) bond motifs is 1. The van der Waals surface area contributed by atoms with E-state index in [-0.39, 0.29) is 11.5 Å². The molecule has 1 aliphatic heterocycles. The van der Waals surface area contributed by atoms with Crippen LogP contribution in [0.15, 0.2) is 47.4 Å². The van der Waals surface area contributed by atoms with Gasteiger partial charge in [-0.15, -0.1) is 5.10 Å². The number of aromatic nitrogens is 3. The van der Waals surface area contributed by atoms with Crippen molar-refractivity contribution in [3.05, 3.63) is 53.1 Å². The Hall–Kier alpha value is -2.16. The third kappa shape index (κ3) is 3.72. The summed E-state index contributed by atoms with van der Waals surface area (Å²) >= 11 is 6.16. The number of piperidine rings is 1. The Morgan fingerprint density at radius 1 is 1.25 bits per heavy atom. The molecule has 0 unspecified atom stereocenters. The fourth-order valence-corrected chi connectivity index (χ4v) is 5.20. The number of rotatable bonds is 5. The van der Waals surface area contributed by atoms with E-state index in [0.29, 0.717) is 35.1 Å². The highest BCUT2D eigenvalue weighted by Gasteiger charge is 2.29. The molecular weight excluding hydrogens is 400 g/mol. The molecule has 148 valence electrons. The third-order valence-electron chi connectivity index (χ3n) is 4.94. The SMILES string of the molecule is C[C@@H]1CCCN(S(=O)(=O)c2ccc3nnn(OCc4ccccc4Cl)c3c2)C1. The summed E-state index contributed by atoms with van der Waals surface area (Å²) in [4.78, 5) is 7.17. The zero-order valence-electron chi connectivity index (χ0n) is 15.5. The largest absolute Gasteiger partial charge is 0.390 e. The molecule has 1 aromatic heterocycles. The van der Waals surface area contributed by atoms with Gasteiger partial charge in [-0.3, -0.25) is 0 Å². The fraction of sp³-hybridized carbons (Fsp3) is 0.368.